The second-order valence-electron chi connectivity index (χ2n) is 5.53. The van der Waals surface area contributed by atoms with Gasteiger partial charge in [-0.05, 0) is 38.2 Å². The van der Waals surface area contributed by atoms with Gasteiger partial charge in [-0.15, -0.1) is 0 Å². The summed E-state index contributed by atoms with van der Waals surface area (Å²) in [5.74, 6) is 0. The molecule has 0 aliphatic rings. The first-order chi connectivity index (χ1) is 9.08. The predicted molar refractivity (Wildman–Crippen MR) is 81.5 cm³/mol. The lowest BCUT2D eigenvalue weighted by Crippen LogP contribution is -2.24. The third kappa shape index (κ3) is 7.98. The van der Waals surface area contributed by atoms with Crippen LogP contribution in [-0.2, 0) is 17.8 Å². The van der Waals surface area contributed by atoms with E-state index in [-0.39, 0.29) is 0 Å². The molecule has 3 nitrogen and oxygen atoms in total. The molecule has 1 aromatic rings. The molecule has 0 heterocycles. The predicted octanol–water partition coefficient (Wildman–Crippen LogP) is 2.31. The summed E-state index contributed by atoms with van der Waals surface area (Å²) in [6.45, 7) is 7.85. The van der Waals surface area contributed by atoms with Gasteiger partial charge in [0.05, 0.1) is 13.2 Å². The summed E-state index contributed by atoms with van der Waals surface area (Å²) in [7, 11) is 4.12. The quantitative estimate of drug-likeness (QED) is 0.693. The van der Waals surface area contributed by atoms with Crippen LogP contribution in [0.2, 0.25) is 0 Å². The molecule has 1 N–H and O–H groups in total. The lowest BCUT2D eigenvalue weighted by molar-refractivity contribution is 0.105. The highest BCUT2D eigenvalue weighted by molar-refractivity contribution is 5.22. The molecule has 0 amide bonds. The smallest absolute Gasteiger partial charge is 0.0717 e. The number of benzene rings is 1. The maximum absolute atomic E-state index is 5.63. The van der Waals surface area contributed by atoms with Crippen molar-refractivity contribution in [1.82, 2.24) is 10.2 Å². The first-order valence-corrected chi connectivity index (χ1v) is 7.11. The monoisotopic (exact) mass is 264 g/mol. The van der Waals surface area contributed by atoms with Crippen molar-refractivity contribution in [2.75, 3.05) is 33.8 Å². The average molecular weight is 264 g/mol. The van der Waals surface area contributed by atoms with Crippen LogP contribution < -0.4 is 5.32 Å². The van der Waals surface area contributed by atoms with Crippen LogP contribution in [0.25, 0.3) is 0 Å². The normalized spacial score (nSPS) is 11.5. The van der Waals surface area contributed by atoms with Crippen LogP contribution >= 0.6 is 0 Å². The number of hydrogen-bond donors (Lipinski definition) is 1. The van der Waals surface area contributed by atoms with Crippen molar-refractivity contribution in [3.63, 3.8) is 0 Å². The molecule has 0 bridgehead atoms. The van der Waals surface area contributed by atoms with Crippen molar-refractivity contribution < 1.29 is 4.74 Å². The Morgan fingerprint density at radius 1 is 1.11 bits per heavy atom. The van der Waals surface area contributed by atoms with Gasteiger partial charge in [0.1, 0.15) is 0 Å². The molecule has 19 heavy (non-hydrogen) atoms. The topological polar surface area (TPSA) is 24.5 Å². The van der Waals surface area contributed by atoms with Crippen LogP contribution in [0.1, 0.15) is 25.0 Å². The van der Waals surface area contributed by atoms with E-state index in [0.717, 1.165) is 26.1 Å². The first-order valence-electron chi connectivity index (χ1n) is 7.11. The Labute approximate surface area is 118 Å². The zero-order valence-electron chi connectivity index (χ0n) is 12.8. The molecule has 0 unspecified atom stereocenters. The summed E-state index contributed by atoms with van der Waals surface area (Å²) in [6, 6.07) is 9.30. The van der Waals surface area contributed by atoms with Crippen LogP contribution in [0.5, 0.6) is 0 Å². The molecular weight excluding hydrogens is 236 g/mol. The highest BCUT2D eigenvalue weighted by atomic mass is 16.5. The van der Waals surface area contributed by atoms with E-state index in [0.29, 0.717) is 12.6 Å². The Kier molecular flexibility index (Phi) is 7.72. The van der Waals surface area contributed by atoms with E-state index < -0.39 is 0 Å². The Bertz CT molecular complexity index is 333. The van der Waals surface area contributed by atoms with Crippen LogP contribution in [0.15, 0.2) is 24.3 Å². The Morgan fingerprint density at radius 2 is 1.74 bits per heavy atom. The van der Waals surface area contributed by atoms with Crippen molar-refractivity contribution in [1.29, 1.82) is 0 Å². The fourth-order valence-corrected chi connectivity index (χ4v) is 1.74. The summed E-state index contributed by atoms with van der Waals surface area (Å²) >= 11 is 0. The number of nitrogens with zero attached hydrogens (tertiary/aromatic N) is 1. The van der Waals surface area contributed by atoms with Gasteiger partial charge in [-0.1, -0.05) is 38.1 Å². The molecule has 3 heteroatoms. The first kappa shape index (κ1) is 16.2. The number of likely N-dealkylation sites (N-methyl/N-ethyl adjacent to an activating group) is 1. The Balaban J connectivity index is 2.23. The van der Waals surface area contributed by atoms with E-state index in [2.05, 4.69) is 62.4 Å². The van der Waals surface area contributed by atoms with E-state index >= 15 is 0 Å². The maximum atomic E-state index is 5.63. The molecular formula is C16H28N2O. The molecule has 0 saturated heterocycles. The van der Waals surface area contributed by atoms with Gasteiger partial charge in [0, 0.05) is 12.6 Å². The van der Waals surface area contributed by atoms with Crippen LogP contribution in [0.4, 0.5) is 0 Å². The lowest BCUT2D eigenvalue weighted by atomic mass is 10.1. The van der Waals surface area contributed by atoms with Crippen molar-refractivity contribution in [2.45, 2.75) is 32.9 Å². The minimum Gasteiger partial charge on any atom is -0.375 e. The summed E-state index contributed by atoms with van der Waals surface area (Å²) in [5, 5.41) is 3.43. The van der Waals surface area contributed by atoms with Gasteiger partial charge in [-0.3, -0.25) is 0 Å². The number of rotatable bonds is 9. The Morgan fingerprint density at radius 3 is 2.32 bits per heavy atom. The van der Waals surface area contributed by atoms with Crippen LogP contribution in [0, 0.1) is 0 Å². The highest BCUT2D eigenvalue weighted by Gasteiger charge is 1.97. The molecule has 0 saturated carbocycles. The fraction of sp³-hybridized carbons (Fsp3) is 0.625. The van der Waals surface area contributed by atoms with E-state index in [1.54, 1.807) is 0 Å². The second-order valence-corrected chi connectivity index (χ2v) is 5.53. The highest BCUT2D eigenvalue weighted by Crippen LogP contribution is 2.06. The number of nitrogens with one attached hydrogen (secondary N) is 1. The largest absolute Gasteiger partial charge is 0.375 e. The van der Waals surface area contributed by atoms with Gasteiger partial charge >= 0.3 is 0 Å². The van der Waals surface area contributed by atoms with E-state index in [1.807, 2.05) is 0 Å². The molecule has 108 valence electrons. The molecule has 0 aliphatic heterocycles. The number of ether oxygens (including phenoxy) is 1. The lowest BCUT2D eigenvalue weighted by Gasteiger charge is -2.10. The van der Waals surface area contributed by atoms with E-state index in [4.69, 9.17) is 4.74 Å². The number of hydrogen-bond acceptors (Lipinski definition) is 3. The molecule has 1 rings (SSSR count). The molecule has 0 aliphatic carbocycles. The third-order valence-corrected chi connectivity index (χ3v) is 2.94. The molecule has 0 aromatic heterocycles. The van der Waals surface area contributed by atoms with Crippen molar-refractivity contribution >= 4 is 0 Å². The van der Waals surface area contributed by atoms with Gasteiger partial charge in [0.2, 0.25) is 0 Å². The minimum absolute atomic E-state index is 0.560. The minimum atomic E-state index is 0.560. The Hall–Kier alpha value is -0.900. The van der Waals surface area contributed by atoms with Gasteiger partial charge in [-0.2, -0.15) is 0 Å². The third-order valence-electron chi connectivity index (χ3n) is 2.94. The average Bonchev–Trinajstić information content (AvgIpc) is 2.36. The summed E-state index contributed by atoms with van der Waals surface area (Å²) in [6.07, 6.45) is 1.08. The maximum Gasteiger partial charge on any atom is 0.0717 e. The standard InChI is InChI=1S/C16H28N2O/c1-14(2)17-10-9-15-5-7-16(8-6-15)13-19-12-11-18(3)4/h5-8,14,17H,9-13H2,1-4H3. The molecule has 0 fully saturated rings. The summed E-state index contributed by atoms with van der Waals surface area (Å²) in [4.78, 5) is 2.13. The molecule has 1 aromatic carbocycles. The SMILES string of the molecule is CC(C)NCCc1ccc(COCCN(C)C)cc1. The zero-order valence-corrected chi connectivity index (χ0v) is 12.8. The van der Waals surface area contributed by atoms with Crippen molar-refractivity contribution in [3.8, 4) is 0 Å². The van der Waals surface area contributed by atoms with Crippen molar-refractivity contribution in [2.24, 2.45) is 0 Å². The molecule has 0 radical (unpaired) electrons. The molecule has 0 atom stereocenters. The summed E-state index contributed by atoms with van der Waals surface area (Å²) in [5.41, 5.74) is 2.63. The summed E-state index contributed by atoms with van der Waals surface area (Å²) < 4.78 is 5.63. The van der Waals surface area contributed by atoms with Gasteiger partial charge in [0.15, 0.2) is 0 Å². The van der Waals surface area contributed by atoms with Gasteiger partial charge < -0.3 is 15.0 Å². The zero-order chi connectivity index (χ0) is 14.1. The van der Waals surface area contributed by atoms with Crippen LogP contribution in [-0.4, -0.2) is 44.7 Å². The van der Waals surface area contributed by atoms with Crippen molar-refractivity contribution in [3.05, 3.63) is 35.4 Å². The van der Waals surface area contributed by atoms with E-state index in [1.165, 1.54) is 11.1 Å². The second kappa shape index (κ2) is 9.08. The van der Waals surface area contributed by atoms with Crippen LogP contribution in [0.3, 0.4) is 0 Å². The van der Waals surface area contributed by atoms with E-state index in [9.17, 15) is 0 Å². The fourth-order valence-electron chi connectivity index (χ4n) is 1.74. The molecule has 0 spiro atoms. The van der Waals surface area contributed by atoms with Gasteiger partial charge in [-0.25, -0.2) is 0 Å². The van der Waals surface area contributed by atoms with Gasteiger partial charge in [0.25, 0.3) is 0 Å².